The van der Waals surface area contributed by atoms with E-state index in [2.05, 4.69) is 4.98 Å². The van der Waals surface area contributed by atoms with Gasteiger partial charge in [0.15, 0.2) is 5.78 Å². The molecule has 0 atom stereocenters. The number of nitrogen functional groups attached to an aromatic ring is 1. The van der Waals surface area contributed by atoms with E-state index in [9.17, 15) is 4.79 Å². The lowest BCUT2D eigenvalue weighted by molar-refractivity contribution is 0.0972. The van der Waals surface area contributed by atoms with Crippen LogP contribution >= 0.6 is 11.3 Å². The smallest absolute Gasteiger partial charge is 0.178 e. The molecule has 0 aliphatic heterocycles. The monoisotopic (exact) mass is 232 g/mol. The number of hydrogen-bond acceptors (Lipinski definition) is 4. The van der Waals surface area contributed by atoms with Crippen molar-refractivity contribution in [1.29, 1.82) is 0 Å². The van der Waals surface area contributed by atoms with E-state index >= 15 is 0 Å². The Kier molecular flexibility index (Phi) is 2.01. The number of pyridine rings is 1. The van der Waals surface area contributed by atoms with E-state index in [1.165, 1.54) is 11.3 Å². The summed E-state index contributed by atoms with van der Waals surface area (Å²) in [4.78, 5) is 17.9. The first-order chi connectivity index (χ1) is 7.68. The lowest BCUT2D eigenvalue weighted by Gasteiger charge is -1.97. The number of hydrogen-bond donors (Lipinski definition) is 1. The number of rotatable bonds is 2. The van der Waals surface area contributed by atoms with Crippen LogP contribution in [0.2, 0.25) is 0 Å². The van der Waals surface area contributed by atoms with E-state index in [-0.39, 0.29) is 11.7 Å². The SMILES string of the molecule is Cc1ccnc2sc(C(=O)C3CC3)c(N)c12. The summed E-state index contributed by atoms with van der Waals surface area (Å²) in [6.45, 7) is 2.00. The maximum absolute atomic E-state index is 12.0. The quantitative estimate of drug-likeness (QED) is 0.810. The topological polar surface area (TPSA) is 56.0 Å². The van der Waals surface area contributed by atoms with Gasteiger partial charge in [-0.1, -0.05) is 0 Å². The molecule has 1 fully saturated rings. The van der Waals surface area contributed by atoms with E-state index < -0.39 is 0 Å². The van der Waals surface area contributed by atoms with Gasteiger partial charge in [0.25, 0.3) is 0 Å². The summed E-state index contributed by atoms with van der Waals surface area (Å²) in [6.07, 6.45) is 3.79. The molecule has 3 rings (SSSR count). The highest BCUT2D eigenvalue weighted by Crippen LogP contribution is 2.40. The summed E-state index contributed by atoms with van der Waals surface area (Å²) < 4.78 is 0. The molecule has 0 saturated heterocycles. The van der Waals surface area contributed by atoms with Gasteiger partial charge in [-0.15, -0.1) is 11.3 Å². The molecule has 2 N–H and O–H groups in total. The van der Waals surface area contributed by atoms with Gasteiger partial charge in [-0.05, 0) is 31.4 Å². The molecule has 0 bridgehead atoms. The molecule has 0 aromatic carbocycles. The summed E-state index contributed by atoms with van der Waals surface area (Å²) in [5, 5.41) is 0.955. The van der Waals surface area contributed by atoms with Crippen LogP contribution in [0.15, 0.2) is 12.3 Å². The molecule has 1 aliphatic carbocycles. The van der Waals surface area contributed by atoms with Crippen LogP contribution in [0.3, 0.4) is 0 Å². The normalized spacial score (nSPS) is 15.6. The molecule has 82 valence electrons. The van der Waals surface area contributed by atoms with E-state index in [0.29, 0.717) is 10.6 Å². The fraction of sp³-hybridized carbons (Fsp3) is 0.333. The number of carbonyl (C=O) groups excluding carboxylic acids is 1. The number of ketones is 1. The third kappa shape index (κ3) is 1.33. The van der Waals surface area contributed by atoms with Crippen LogP contribution in [0, 0.1) is 12.8 Å². The molecular weight excluding hydrogens is 220 g/mol. The molecule has 2 aromatic heterocycles. The van der Waals surface area contributed by atoms with Crippen molar-refractivity contribution < 1.29 is 4.79 Å². The average Bonchev–Trinajstić information content (AvgIpc) is 3.04. The fourth-order valence-corrected chi connectivity index (χ4v) is 3.08. The summed E-state index contributed by atoms with van der Waals surface area (Å²) in [5.74, 6) is 0.426. The first-order valence-electron chi connectivity index (χ1n) is 5.36. The largest absolute Gasteiger partial charge is 0.397 e. The Morgan fingerprint density at radius 1 is 1.56 bits per heavy atom. The first-order valence-corrected chi connectivity index (χ1v) is 6.18. The van der Waals surface area contributed by atoms with Gasteiger partial charge in [-0.2, -0.15) is 0 Å². The maximum atomic E-state index is 12.0. The summed E-state index contributed by atoms with van der Waals surface area (Å²) in [7, 11) is 0. The van der Waals surface area contributed by atoms with Crippen molar-refractivity contribution in [3.63, 3.8) is 0 Å². The molecule has 3 nitrogen and oxygen atoms in total. The molecule has 0 radical (unpaired) electrons. The average molecular weight is 232 g/mol. The Labute approximate surface area is 97.3 Å². The third-order valence-electron chi connectivity index (χ3n) is 3.01. The number of nitrogens with two attached hydrogens (primary N) is 1. The number of nitrogens with zero attached hydrogens (tertiary/aromatic N) is 1. The lowest BCUT2D eigenvalue weighted by Crippen LogP contribution is -2.01. The maximum Gasteiger partial charge on any atom is 0.178 e. The standard InChI is InChI=1S/C12H12N2OS/c1-6-4-5-14-12-8(6)9(13)11(16-12)10(15)7-2-3-7/h4-5,7H,2-3,13H2,1H3. The molecule has 1 saturated carbocycles. The molecule has 1 aliphatic rings. The van der Waals surface area contributed by atoms with E-state index in [1.54, 1.807) is 6.20 Å². The minimum absolute atomic E-state index is 0.208. The molecule has 0 unspecified atom stereocenters. The third-order valence-corrected chi connectivity index (χ3v) is 4.14. The first kappa shape index (κ1) is 9.78. The molecule has 0 spiro atoms. The Morgan fingerprint density at radius 3 is 2.94 bits per heavy atom. The number of aryl methyl sites for hydroxylation is 1. The van der Waals surface area contributed by atoms with Crippen molar-refractivity contribution in [1.82, 2.24) is 4.98 Å². The van der Waals surface area contributed by atoms with E-state index in [4.69, 9.17) is 5.73 Å². The predicted octanol–water partition coefficient (Wildman–Crippen LogP) is 2.78. The van der Waals surface area contributed by atoms with Gasteiger partial charge in [-0.25, -0.2) is 4.98 Å². The summed E-state index contributed by atoms with van der Waals surface area (Å²) in [6, 6.07) is 1.93. The Bertz CT molecular complexity index is 584. The Hall–Kier alpha value is -1.42. The number of fused-ring (bicyclic) bond motifs is 1. The van der Waals surface area contributed by atoms with Crippen LogP contribution in [0.25, 0.3) is 10.2 Å². The highest BCUT2D eigenvalue weighted by molar-refractivity contribution is 7.21. The molecule has 4 heteroatoms. The van der Waals surface area contributed by atoms with Crippen LogP contribution in [-0.2, 0) is 0 Å². The van der Waals surface area contributed by atoms with E-state index in [0.717, 1.165) is 28.6 Å². The molecule has 0 amide bonds. The van der Waals surface area contributed by atoms with Crippen LogP contribution in [0.1, 0.15) is 28.1 Å². The van der Waals surface area contributed by atoms with Crippen molar-refractivity contribution in [2.24, 2.45) is 5.92 Å². The van der Waals surface area contributed by atoms with Crippen molar-refractivity contribution in [3.05, 3.63) is 22.7 Å². The predicted molar refractivity (Wildman–Crippen MR) is 65.8 cm³/mol. The zero-order chi connectivity index (χ0) is 11.3. The van der Waals surface area contributed by atoms with Crippen molar-refractivity contribution in [3.8, 4) is 0 Å². The number of aromatic nitrogens is 1. The minimum Gasteiger partial charge on any atom is -0.397 e. The zero-order valence-corrected chi connectivity index (χ0v) is 9.80. The van der Waals surface area contributed by atoms with Crippen LogP contribution in [0.4, 0.5) is 5.69 Å². The molecule has 2 aromatic rings. The lowest BCUT2D eigenvalue weighted by atomic mass is 10.1. The highest BCUT2D eigenvalue weighted by Gasteiger charge is 2.33. The van der Waals surface area contributed by atoms with Crippen LogP contribution < -0.4 is 5.73 Å². The van der Waals surface area contributed by atoms with Gasteiger partial charge in [0.1, 0.15) is 4.83 Å². The molecule has 16 heavy (non-hydrogen) atoms. The van der Waals surface area contributed by atoms with Crippen molar-refractivity contribution in [2.45, 2.75) is 19.8 Å². The van der Waals surface area contributed by atoms with Crippen molar-refractivity contribution >= 4 is 33.0 Å². The van der Waals surface area contributed by atoms with E-state index in [1.807, 2.05) is 13.0 Å². The van der Waals surface area contributed by atoms with Gasteiger partial charge in [0.05, 0.1) is 10.6 Å². The second kappa shape index (κ2) is 3.28. The van der Waals surface area contributed by atoms with Crippen LogP contribution in [-0.4, -0.2) is 10.8 Å². The second-order valence-electron chi connectivity index (χ2n) is 4.29. The summed E-state index contributed by atoms with van der Waals surface area (Å²) in [5.41, 5.74) is 7.77. The fourth-order valence-electron chi connectivity index (χ4n) is 1.92. The van der Waals surface area contributed by atoms with Gasteiger partial charge in [0.2, 0.25) is 0 Å². The number of Topliss-reactive ketones (excluding diaryl/α,β-unsaturated/α-hetero) is 1. The highest BCUT2D eigenvalue weighted by atomic mass is 32.1. The zero-order valence-electron chi connectivity index (χ0n) is 8.99. The number of thiophene rings is 1. The van der Waals surface area contributed by atoms with Crippen molar-refractivity contribution in [2.75, 3.05) is 5.73 Å². The number of anilines is 1. The summed E-state index contributed by atoms with van der Waals surface area (Å²) >= 11 is 1.43. The van der Waals surface area contributed by atoms with Gasteiger partial charge >= 0.3 is 0 Å². The Morgan fingerprint density at radius 2 is 2.31 bits per heavy atom. The van der Waals surface area contributed by atoms with Gasteiger partial charge in [-0.3, -0.25) is 4.79 Å². The molecule has 2 heterocycles. The van der Waals surface area contributed by atoms with Gasteiger partial charge in [0, 0.05) is 17.5 Å². The Balaban J connectivity index is 2.22. The minimum atomic E-state index is 0.208. The number of carbonyl (C=O) groups is 1. The second-order valence-corrected chi connectivity index (χ2v) is 5.29. The van der Waals surface area contributed by atoms with Gasteiger partial charge < -0.3 is 5.73 Å². The van der Waals surface area contributed by atoms with Crippen LogP contribution in [0.5, 0.6) is 0 Å². The molecular formula is C12H12N2OS.